The van der Waals surface area contributed by atoms with E-state index in [1.807, 2.05) is 24.4 Å². The molecule has 9 nitrogen and oxygen atoms in total. The number of aliphatic hydroxyl groups is 1. The molecule has 0 aromatic carbocycles. The van der Waals surface area contributed by atoms with Gasteiger partial charge in [0.1, 0.15) is 11.8 Å². The van der Waals surface area contributed by atoms with E-state index in [4.69, 9.17) is 4.74 Å². The van der Waals surface area contributed by atoms with Crippen LogP contribution >= 0.6 is 0 Å². The number of nitrogens with zero attached hydrogens (tertiary/aromatic N) is 5. The summed E-state index contributed by atoms with van der Waals surface area (Å²) in [6, 6.07) is 8.86. The first kappa shape index (κ1) is 20.1. The van der Waals surface area contributed by atoms with Crippen LogP contribution in [0, 0.1) is 0 Å². The number of ether oxygens (including phenoxy) is 1. The topological polar surface area (TPSA) is 115 Å². The van der Waals surface area contributed by atoms with Gasteiger partial charge in [-0.25, -0.2) is 0 Å². The molecule has 9 heteroatoms. The molecule has 0 radical (unpaired) electrons. The Morgan fingerprint density at radius 2 is 2.13 bits per heavy atom. The summed E-state index contributed by atoms with van der Waals surface area (Å²) in [5.41, 5.74) is 2.00. The minimum atomic E-state index is -0.441. The van der Waals surface area contributed by atoms with Gasteiger partial charge in [-0.1, -0.05) is 11.3 Å². The molecule has 1 aliphatic rings. The number of aromatic nitrogens is 5. The molecule has 1 amide bonds. The first-order valence-electron chi connectivity index (χ1n) is 10.0. The number of carbonyl (C=O) groups excluding carboxylic acids is 1. The van der Waals surface area contributed by atoms with Crippen molar-refractivity contribution in [2.75, 3.05) is 6.61 Å². The van der Waals surface area contributed by atoms with E-state index in [9.17, 15) is 9.90 Å². The molecule has 4 heterocycles. The van der Waals surface area contributed by atoms with Gasteiger partial charge < -0.3 is 15.2 Å². The van der Waals surface area contributed by atoms with Crippen molar-refractivity contribution < 1.29 is 14.6 Å². The smallest absolute Gasteiger partial charge is 0.253 e. The maximum absolute atomic E-state index is 12.4. The number of amides is 1. The highest BCUT2D eigenvalue weighted by Gasteiger charge is 2.32. The second-order valence-corrected chi connectivity index (χ2v) is 7.25. The molecule has 30 heavy (non-hydrogen) atoms. The van der Waals surface area contributed by atoms with E-state index in [1.165, 1.54) is 6.20 Å². The highest BCUT2D eigenvalue weighted by Crippen LogP contribution is 2.23. The van der Waals surface area contributed by atoms with Crippen LogP contribution in [0.1, 0.15) is 29.6 Å². The number of pyridine rings is 2. The lowest BCUT2D eigenvalue weighted by atomic mass is 9.97. The summed E-state index contributed by atoms with van der Waals surface area (Å²) in [6.45, 7) is 0.497. The second kappa shape index (κ2) is 9.55. The van der Waals surface area contributed by atoms with Crippen LogP contribution in [0.15, 0.2) is 55.1 Å². The Balaban J connectivity index is 1.29. The highest BCUT2D eigenvalue weighted by atomic mass is 16.5. The van der Waals surface area contributed by atoms with Crippen molar-refractivity contribution in [1.82, 2.24) is 30.3 Å². The van der Waals surface area contributed by atoms with Crippen LogP contribution in [0.5, 0.6) is 0 Å². The number of aliphatic hydroxyl groups excluding tert-OH is 1. The summed E-state index contributed by atoms with van der Waals surface area (Å²) < 4.78 is 7.82. The molecule has 156 valence electrons. The van der Waals surface area contributed by atoms with Crippen molar-refractivity contribution in [2.45, 2.75) is 44.1 Å². The van der Waals surface area contributed by atoms with Gasteiger partial charge in [0, 0.05) is 25.1 Å². The highest BCUT2D eigenvalue weighted by molar-refractivity contribution is 5.94. The fourth-order valence-corrected chi connectivity index (χ4v) is 3.57. The molecule has 3 aromatic heterocycles. The predicted octanol–water partition coefficient (Wildman–Crippen LogP) is 1.46. The quantitative estimate of drug-likeness (QED) is 0.608. The first-order chi connectivity index (χ1) is 14.7. The van der Waals surface area contributed by atoms with E-state index >= 15 is 0 Å². The molecular formula is C21H24N6O3. The zero-order chi connectivity index (χ0) is 20.8. The average molecular weight is 408 g/mol. The third kappa shape index (κ3) is 4.87. The Hall–Kier alpha value is -3.17. The fourth-order valence-electron chi connectivity index (χ4n) is 3.57. The molecule has 0 saturated carbocycles. The van der Waals surface area contributed by atoms with Crippen LogP contribution in [0.4, 0.5) is 0 Å². The Kier molecular flexibility index (Phi) is 6.41. The molecule has 1 fully saturated rings. The lowest BCUT2D eigenvalue weighted by Crippen LogP contribution is -2.51. The maximum Gasteiger partial charge on any atom is 0.253 e. The van der Waals surface area contributed by atoms with Crippen LogP contribution in [0.25, 0.3) is 11.4 Å². The Labute approximate surface area is 174 Å². The van der Waals surface area contributed by atoms with Gasteiger partial charge in [0.25, 0.3) is 5.91 Å². The summed E-state index contributed by atoms with van der Waals surface area (Å²) >= 11 is 0. The van der Waals surface area contributed by atoms with E-state index in [1.54, 1.807) is 29.2 Å². The number of carbonyl (C=O) groups is 1. The van der Waals surface area contributed by atoms with Crippen molar-refractivity contribution in [3.05, 3.63) is 60.7 Å². The van der Waals surface area contributed by atoms with Crippen LogP contribution in [0.3, 0.4) is 0 Å². The molecule has 0 unspecified atom stereocenters. The molecule has 1 saturated heterocycles. The van der Waals surface area contributed by atoms with E-state index in [-0.39, 0.29) is 24.7 Å². The molecule has 0 bridgehead atoms. The summed E-state index contributed by atoms with van der Waals surface area (Å²) in [4.78, 5) is 20.6. The molecule has 2 N–H and O–H groups in total. The van der Waals surface area contributed by atoms with E-state index in [0.29, 0.717) is 12.1 Å². The zero-order valence-electron chi connectivity index (χ0n) is 16.5. The van der Waals surface area contributed by atoms with Crippen LogP contribution in [-0.4, -0.2) is 60.8 Å². The first-order valence-corrected chi connectivity index (χ1v) is 10.0. The molecule has 3 aromatic rings. The molecular weight excluding hydrogens is 384 g/mol. The molecule has 4 rings (SSSR count). The normalized spacial score (nSPS) is 21.3. The summed E-state index contributed by atoms with van der Waals surface area (Å²) in [7, 11) is 0. The van der Waals surface area contributed by atoms with Gasteiger partial charge in [0.05, 0.1) is 36.2 Å². The van der Waals surface area contributed by atoms with E-state index in [0.717, 1.165) is 30.7 Å². The third-order valence-corrected chi connectivity index (χ3v) is 5.18. The average Bonchev–Trinajstić information content (AvgIpc) is 3.28. The summed E-state index contributed by atoms with van der Waals surface area (Å²) in [5.74, 6) is -0.210. The van der Waals surface area contributed by atoms with Gasteiger partial charge in [0.15, 0.2) is 0 Å². The monoisotopic (exact) mass is 408 g/mol. The molecule has 1 aliphatic heterocycles. The zero-order valence-corrected chi connectivity index (χ0v) is 16.5. The van der Waals surface area contributed by atoms with Crippen LogP contribution in [0.2, 0.25) is 0 Å². The van der Waals surface area contributed by atoms with Gasteiger partial charge in [0.2, 0.25) is 0 Å². The largest absolute Gasteiger partial charge is 0.394 e. The molecule has 3 atom stereocenters. The Bertz CT molecular complexity index is 950. The molecule has 0 aliphatic carbocycles. The standard InChI is InChI=1S/C21H24N6O3/c28-14-20-18(24-21(29)15-4-3-9-22-12-15)7-6-16(30-20)8-11-27-13-19(25-26-27)17-5-1-2-10-23-17/h1-5,9-10,12-13,16,18,20,28H,6-8,11,14H2,(H,24,29)/t16-,18-,20-/m1/s1. The second-order valence-electron chi connectivity index (χ2n) is 7.25. The van der Waals surface area contributed by atoms with Gasteiger partial charge in [-0.2, -0.15) is 0 Å². The minimum absolute atomic E-state index is 0.0174. The van der Waals surface area contributed by atoms with Gasteiger partial charge >= 0.3 is 0 Å². The van der Waals surface area contributed by atoms with E-state index < -0.39 is 6.10 Å². The summed E-state index contributed by atoms with van der Waals surface area (Å²) in [5, 5.41) is 21.0. The van der Waals surface area contributed by atoms with Crippen molar-refractivity contribution >= 4 is 5.91 Å². The number of hydrogen-bond donors (Lipinski definition) is 2. The fraction of sp³-hybridized carbons (Fsp3) is 0.381. The number of hydrogen-bond acceptors (Lipinski definition) is 7. The minimum Gasteiger partial charge on any atom is -0.394 e. The van der Waals surface area contributed by atoms with Crippen molar-refractivity contribution in [3.63, 3.8) is 0 Å². The summed E-state index contributed by atoms with van der Waals surface area (Å²) in [6.07, 6.45) is 8.54. The third-order valence-electron chi connectivity index (χ3n) is 5.18. The molecule has 0 spiro atoms. The Morgan fingerprint density at radius 1 is 1.20 bits per heavy atom. The number of aryl methyl sites for hydroxylation is 1. The van der Waals surface area contributed by atoms with E-state index in [2.05, 4.69) is 25.6 Å². The number of nitrogens with one attached hydrogen (secondary N) is 1. The Morgan fingerprint density at radius 3 is 2.90 bits per heavy atom. The maximum atomic E-state index is 12.4. The van der Waals surface area contributed by atoms with Gasteiger partial charge in [-0.3, -0.25) is 19.4 Å². The SMILES string of the molecule is O=C(N[C@@H]1CC[C@H](CCn2cc(-c3ccccn3)nn2)O[C@@H]1CO)c1cccnc1. The van der Waals surface area contributed by atoms with Crippen molar-refractivity contribution in [3.8, 4) is 11.4 Å². The van der Waals surface area contributed by atoms with Crippen molar-refractivity contribution in [2.24, 2.45) is 0 Å². The van der Waals surface area contributed by atoms with Gasteiger partial charge in [-0.05, 0) is 43.5 Å². The van der Waals surface area contributed by atoms with Crippen LogP contribution in [-0.2, 0) is 11.3 Å². The lowest BCUT2D eigenvalue weighted by molar-refractivity contribution is -0.0912. The number of rotatable bonds is 7. The lowest BCUT2D eigenvalue weighted by Gasteiger charge is -2.36. The van der Waals surface area contributed by atoms with Crippen molar-refractivity contribution in [1.29, 1.82) is 0 Å². The predicted molar refractivity (Wildman–Crippen MR) is 108 cm³/mol. The van der Waals surface area contributed by atoms with Crippen LogP contribution < -0.4 is 5.32 Å². The van der Waals surface area contributed by atoms with Gasteiger partial charge in [-0.15, -0.1) is 5.10 Å².